The summed E-state index contributed by atoms with van der Waals surface area (Å²) in [5.74, 6) is -0.685. The van der Waals surface area contributed by atoms with Gasteiger partial charge in [-0.1, -0.05) is 12.5 Å². The summed E-state index contributed by atoms with van der Waals surface area (Å²) in [5.41, 5.74) is 5.45. The molecule has 5 aliphatic heterocycles. The summed E-state index contributed by atoms with van der Waals surface area (Å²) in [6.45, 7) is 7.01. The number of hydrogen-bond donors (Lipinski definition) is 1. The summed E-state index contributed by atoms with van der Waals surface area (Å²) in [6.07, 6.45) is 4.41. The lowest BCUT2D eigenvalue weighted by atomic mass is 9.59. The van der Waals surface area contributed by atoms with Crippen LogP contribution in [-0.2, 0) is 27.9 Å². The first-order chi connectivity index (χ1) is 30.6. The van der Waals surface area contributed by atoms with Gasteiger partial charge in [0.2, 0.25) is 11.8 Å². The molecule has 4 saturated heterocycles. The zero-order chi connectivity index (χ0) is 44.7. The number of aryl methyl sites for hydroxylation is 2. The van der Waals surface area contributed by atoms with E-state index in [4.69, 9.17) is 4.98 Å². The fourth-order valence-corrected chi connectivity index (χ4v) is 11.6. The number of carbonyl (C=O) groups excluding carboxylic acids is 4. The van der Waals surface area contributed by atoms with Crippen LogP contribution < -0.4 is 15.8 Å². The van der Waals surface area contributed by atoms with Crippen molar-refractivity contribution in [2.45, 2.75) is 95.7 Å². The highest BCUT2D eigenvalue weighted by Gasteiger charge is 2.55. The fraction of sp³-hybridized carbons (Fsp3) is 0.532. The van der Waals surface area contributed by atoms with Crippen LogP contribution in [0.4, 0.5) is 18.9 Å². The molecule has 64 heavy (non-hydrogen) atoms. The van der Waals surface area contributed by atoms with E-state index in [0.29, 0.717) is 23.1 Å². The quantitative estimate of drug-likeness (QED) is 0.202. The number of pyridine rings is 1. The Hall–Kier alpha value is -5.39. The number of anilines is 1. The van der Waals surface area contributed by atoms with Gasteiger partial charge >= 0.3 is 6.36 Å². The van der Waals surface area contributed by atoms with Gasteiger partial charge in [-0.3, -0.25) is 43.8 Å². The van der Waals surface area contributed by atoms with Gasteiger partial charge in [0.1, 0.15) is 11.9 Å². The van der Waals surface area contributed by atoms with E-state index in [9.17, 15) is 37.1 Å². The Labute approximate surface area is 368 Å². The van der Waals surface area contributed by atoms with Crippen LogP contribution in [0.2, 0.25) is 0 Å². The maximum Gasteiger partial charge on any atom is 0.522 e. The lowest BCUT2D eigenvalue weighted by molar-refractivity contribution is -0.325. The molecular formula is C47H53F3N8O6. The molecule has 14 nitrogen and oxygen atoms in total. The van der Waals surface area contributed by atoms with Crippen molar-refractivity contribution in [1.29, 1.82) is 0 Å². The van der Waals surface area contributed by atoms with Crippen LogP contribution in [0, 0.1) is 18.3 Å². The van der Waals surface area contributed by atoms with Crippen LogP contribution in [0.5, 0.6) is 0 Å². The van der Waals surface area contributed by atoms with Crippen LogP contribution in [0.1, 0.15) is 95.9 Å². The van der Waals surface area contributed by atoms with Crippen LogP contribution in [0.15, 0.2) is 53.5 Å². The van der Waals surface area contributed by atoms with Gasteiger partial charge < -0.3 is 18.9 Å². The number of alkyl halides is 3. The van der Waals surface area contributed by atoms with Gasteiger partial charge in [-0.25, -0.2) is 4.98 Å². The molecule has 2 unspecified atom stereocenters. The lowest BCUT2D eigenvalue weighted by Crippen LogP contribution is -2.67. The van der Waals surface area contributed by atoms with Gasteiger partial charge in [0.15, 0.2) is 0 Å². The number of rotatable bonds is 10. The molecule has 0 radical (unpaired) electrons. The molecular weight excluding hydrogens is 830 g/mol. The van der Waals surface area contributed by atoms with Crippen LogP contribution in [0.3, 0.4) is 0 Å². The Kier molecular flexibility index (Phi) is 10.8. The average molecular weight is 883 g/mol. The van der Waals surface area contributed by atoms with E-state index in [1.54, 1.807) is 36.9 Å². The van der Waals surface area contributed by atoms with Crippen LogP contribution >= 0.6 is 0 Å². The molecule has 2 aromatic heterocycles. The number of benzene rings is 2. The van der Waals surface area contributed by atoms with Crippen molar-refractivity contribution < 1.29 is 37.1 Å². The van der Waals surface area contributed by atoms with Gasteiger partial charge in [-0.05, 0) is 117 Å². The number of piperidine rings is 3. The summed E-state index contributed by atoms with van der Waals surface area (Å²) >= 11 is 0. The average Bonchev–Trinajstić information content (AvgIpc) is 3.72. The van der Waals surface area contributed by atoms with Crippen molar-refractivity contribution in [2.24, 2.45) is 18.4 Å². The molecule has 4 amide bonds. The number of halogens is 3. The van der Waals surface area contributed by atoms with Crippen molar-refractivity contribution in [3.8, 4) is 11.1 Å². The maximum atomic E-state index is 13.4. The third kappa shape index (κ3) is 7.82. The molecule has 4 aromatic rings. The third-order valence-corrected chi connectivity index (χ3v) is 14.7. The Balaban J connectivity index is 0.761. The summed E-state index contributed by atoms with van der Waals surface area (Å²) in [4.78, 5) is 76.7. The minimum Gasteiger partial charge on any atom is -0.371 e. The van der Waals surface area contributed by atoms with Crippen LogP contribution in [-0.4, -0.2) is 117 Å². The number of amides is 4. The second kappa shape index (κ2) is 16.2. The Morgan fingerprint density at radius 3 is 2.36 bits per heavy atom. The van der Waals surface area contributed by atoms with Gasteiger partial charge in [0.05, 0.1) is 34.8 Å². The summed E-state index contributed by atoms with van der Waals surface area (Å²) in [7, 11) is 1.71. The van der Waals surface area contributed by atoms with Crippen molar-refractivity contribution in [3.05, 3.63) is 81.5 Å². The lowest BCUT2D eigenvalue weighted by Gasteiger charge is -2.63. The molecule has 1 spiro atoms. The Morgan fingerprint density at radius 1 is 0.859 bits per heavy atom. The number of hydrogen-bond acceptors (Lipinski definition) is 10. The van der Waals surface area contributed by atoms with Gasteiger partial charge in [-0.2, -0.15) is 0 Å². The topological polar surface area (TPSA) is 142 Å². The van der Waals surface area contributed by atoms with E-state index in [1.165, 1.54) is 0 Å². The number of carbonyl (C=O) groups is 4. The Bertz CT molecular complexity index is 2580. The van der Waals surface area contributed by atoms with Crippen molar-refractivity contribution >= 4 is 40.3 Å². The standard InChI is InChI=1S/C47H53F3N8O6/c1-28-19-31(25-53(2)43(28)61)30-6-9-36-39(20-30)57(17-18-64-47(48,49)50)41(51-36)37-5-3-4-14-56(37)33-22-46(23-33)26-54(27-46)24-29-12-15-55(16-13-29)32-7-8-34-35(21-32)45(63)58(44(34)62)38-10-11-40(59)52-42(38)60/h6-9,19-21,25,29,33,37-38H,3-5,10-18,22-24,26-27H2,1-2H3,(H,52,59,60). The number of imide groups is 2. The number of nitrogens with zero attached hydrogens (tertiary/aromatic N) is 7. The molecule has 7 heterocycles. The van der Waals surface area contributed by atoms with E-state index >= 15 is 0 Å². The SMILES string of the molecule is Cc1cc(-c2ccc3nc(C4CCCCN4C4CC5(C4)CN(CC4CCN(c6ccc7c(c6)C(=O)N(C6CCC(=O)NC6=O)C7=O)CC4)C5)n(CCOC(F)(F)F)c3c2)cn(C)c1=O. The second-order valence-electron chi connectivity index (χ2n) is 19.0. The zero-order valence-electron chi connectivity index (χ0n) is 36.2. The normalized spacial score (nSPS) is 23.5. The molecule has 1 N–H and O–H groups in total. The molecule has 2 aromatic carbocycles. The summed E-state index contributed by atoms with van der Waals surface area (Å²) in [5, 5.41) is 2.24. The second-order valence-corrected chi connectivity index (χ2v) is 19.0. The predicted octanol–water partition coefficient (Wildman–Crippen LogP) is 5.56. The molecule has 338 valence electrons. The molecule has 1 saturated carbocycles. The zero-order valence-corrected chi connectivity index (χ0v) is 36.2. The summed E-state index contributed by atoms with van der Waals surface area (Å²) < 4.78 is 47.4. The molecule has 5 fully saturated rings. The molecule has 2 atom stereocenters. The number of imidazole rings is 1. The third-order valence-electron chi connectivity index (χ3n) is 14.7. The van der Waals surface area contributed by atoms with E-state index < -0.39 is 42.6 Å². The van der Waals surface area contributed by atoms with E-state index in [0.717, 1.165) is 123 Å². The smallest absolute Gasteiger partial charge is 0.371 e. The molecule has 17 heteroatoms. The Morgan fingerprint density at radius 2 is 1.62 bits per heavy atom. The first-order valence-corrected chi connectivity index (χ1v) is 22.6. The highest BCUT2D eigenvalue weighted by molar-refractivity contribution is 6.23. The number of likely N-dealkylation sites (tertiary alicyclic amines) is 2. The largest absolute Gasteiger partial charge is 0.522 e. The summed E-state index contributed by atoms with van der Waals surface area (Å²) in [6, 6.07) is 12.4. The fourth-order valence-electron chi connectivity index (χ4n) is 11.6. The number of nitrogens with one attached hydrogen (secondary N) is 1. The minimum absolute atomic E-state index is 0.00710. The maximum absolute atomic E-state index is 13.4. The molecule has 10 rings (SSSR count). The molecule has 1 aliphatic carbocycles. The number of fused-ring (bicyclic) bond motifs is 2. The van der Waals surface area contributed by atoms with Gasteiger partial charge in [0, 0.05) is 76.2 Å². The highest BCUT2D eigenvalue weighted by atomic mass is 19.4. The predicted molar refractivity (Wildman–Crippen MR) is 230 cm³/mol. The van der Waals surface area contributed by atoms with Crippen LogP contribution in [0.25, 0.3) is 22.2 Å². The highest BCUT2D eigenvalue weighted by Crippen LogP contribution is 2.53. The number of ether oxygens (including phenoxy) is 1. The van der Waals surface area contributed by atoms with Gasteiger partial charge in [0.25, 0.3) is 17.4 Å². The minimum atomic E-state index is -4.74. The number of aromatic nitrogens is 3. The monoisotopic (exact) mass is 882 g/mol. The van der Waals surface area contributed by atoms with Crippen molar-refractivity contribution in [2.75, 3.05) is 50.8 Å². The van der Waals surface area contributed by atoms with Gasteiger partial charge in [-0.15, -0.1) is 13.2 Å². The molecule has 0 bridgehead atoms. The van der Waals surface area contributed by atoms with E-state index in [2.05, 4.69) is 24.8 Å². The van der Waals surface area contributed by atoms with Crippen molar-refractivity contribution in [1.82, 2.24) is 34.1 Å². The van der Waals surface area contributed by atoms with E-state index in [-0.39, 0.29) is 42.0 Å². The van der Waals surface area contributed by atoms with Crippen molar-refractivity contribution in [3.63, 3.8) is 0 Å². The first-order valence-electron chi connectivity index (χ1n) is 22.6. The van der Waals surface area contributed by atoms with E-state index in [1.807, 2.05) is 34.9 Å². The molecule has 6 aliphatic rings. The first kappa shape index (κ1) is 42.6.